The summed E-state index contributed by atoms with van der Waals surface area (Å²) in [7, 11) is 0. The van der Waals surface area contributed by atoms with Gasteiger partial charge in [0, 0.05) is 37.6 Å². The van der Waals surface area contributed by atoms with E-state index in [0.29, 0.717) is 6.54 Å². The van der Waals surface area contributed by atoms with Crippen LogP contribution in [0.1, 0.15) is 11.8 Å². The number of nitrogens with zero attached hydrogens (tertiary/aromatic N) is 2. The standard InChI is InChI=1S/C15H24N4O2S/c1-2-18-7-9-19(10-8-18)12-14(20)17-15(21)16-6-5-13-4-3-11-22-13/h3-4,11H,2,5-10,12H2,1H3,(H2,16,17,20,21). The van der Waals surface area contributed by atoms with Crippen LogP contribution in [0.15, 0.2) is 17.5 Å². The Morgan fingerprint density at radius 2 is 1.95 bits per heavy atom. The average Bonchev–Trinajstić information content (AvgIpc) is 3.01. The van der Waals surface area contributed by atoms with Gasteiger partial charge in [0.25, 0.3) is 0 Å². The molecule has 0 aliphatic carbocycles. The van der Waals surface area contributed by atoms with Crippen molar-refractivity contribution in [1.29, 1.82) is 0 Å². The van der Waals surface area contributed by atoms with E-state index in [2.05, 4.69) is 27.4 Å². The maximum absolute atomic E-state index is 11.8. The summed E-state index contributed by atoms with van der Waals surface area (Å²) in [5, 5.41) is 7.12. The number of carbonyl (C=O) groups is 2. The number of piperazine rings is 1. The van der Waals surface area contributed by atoms with E-state index >= 15 is 0 Å². The van der Waals surface area contributed by atoms with Gasteiger partial charge in [-0.15, -0.1) is 11.3 Å². The molecular formula is C15H24N4O2S. The number of likely N-dealkylation sites (N-methyl/N-ethyl adjacent to an activating group) is 1. The fraction of sp³-hybridized carbons (Fsp3) is 0.600. The van der Waals surface area contributed by atoms with Crippen molar-refractivity contribution in [3.05, 3.63) is 22.4 Å². The van der Waals surface area contributed by atoms with Crippen molar-refractivity contribution in [2.75, 3.05) is 45.8 Å². The minimum absolute atomic E-state index is 0.237. The molecule has 0 unspecified atom stereocenters. The number of thiophene rings is 1. The first kappa shape index (κ1) is 16.9. The van der Waals surface area contributed by atoms with Crippen molar-refractivity contribution in [3.8, 4) is 0 Å². The number of urea groups is 1. The molecule has 0 aromatic carbocycles. The molecule has 1 saturated heterocycles. The van der Waals surface area contributed by atoms with Crippen LogP contribution in [0, 0.1) is 0 Å². The molecule has 122 valence electrons. The summed E-state index contributed by atoms with van der Waals surface area (Å²) in [4.78, 5) is 29.2. The summed E-state index contributed by atoms with van der Waals surface area (Å²) >= 11 is 1.66. The first-order valence-corrected chi connectivity index (χ1v) is 8.60. The average molecular weight is 324 g/mol. The quantitative estimate of drug-likeness (QED) is 0.811. The zero-order valence-corrected chi connectivity index (χ0v) is 13.8. The van der Waals surface area contributed by atoms with Gasteiger partial charge in [-0.25, -0.2) is 4.79 Å². The molecule has 1 aromatic heterocycles. The van der Waals surface area contributed by atoms with Crippen molar-refractivity contribution < 1.29 is 9.59 Å². The van der Waals surface area contributed by atoms with E-state index in [4.69, 9.17) is 0 Å². The Kier molecular flexibility index (Phi) is 6.82. The highest BCUT2D eigenvalue weighted by Gasteiger charge is 2.18. The predicted molar refractivity (Wildman–Crippen MR) is 88.1 cm³/mol. The van der Waals surface area contributed by atoms with Gasteiger partial charge in [-0.3, -0.25) is 15.0 Å². The number of nitrogens with one attached hydrogen (secondary N) is 2. The topological polar surface area (TPSA) is 64.7 Å². The summed E-state index contributed by atoms with van der Waals surface area (Å²) in [6.07, 6.45) is 0.790. The third-order valence-corrected chi connectivity index (χ3v) is 4.71. The SMILES string of the molecule is CCN1CCN(CC(=O)NC(=O)NCCc2cccs2)CC1. The Labute approximate surface area is 135 Å². The van der Waals surface area contributed by atoms with Crippen LogP contribution in [0.2, 0.25) is 0 Å². The largest absolute Gasteiger partial charge is 0.337 e. The first-order chi connectivity index (χ1) is 10.7. The first-order valence-electron chi connectivity index (χ1n) is 7.72. The number of amides is 3. The van der Waals surface area contributed by atoms with Crippen LogP contribution in [-0.2, 0) is 11.2 Å². The van der Waals surface area contributed by atoms with E-state index in [1.165, 1.54) is 4.88 Å². The highest BCUT2D eigenvalue weighted by molar-refractivity contribution is 7.09. The van der Waals surface area contributed by atoms with Crippen molar-refractivity contribution in [1.82, 2.24) is 20.4 Å². The molecule has 2 rings (SSSR count). The van der Waals surface area contributed by atoms with Crippen molar-refractivity contribution >= 4 is 23.3 Å². The van der Waals surface area contributed by atoms with E-state index in [0.717, 1.165) is 39.1 Å². The van der Waals surface area contributed by atoms with Crippen LogP contribution < -0.4 is 10.6 Å². The molecule has 1 aliphatic rings. The molecule has 0 saturated carbocycles. The Bertz CT molecular complexity index is 470. The van der Waals surface area contributed by atoms with E-state index in [9.17, 15) is 9.59 Å². The minimum Gasteiger partial charge on any atom is -0.337 e. The Morgan fingerprint density at radius 3 is 2.59 bits per heavy atom. The van der Waals surface area contributed by atoms with Gasteiger partial charge in [-0.1, -0.05) is 13.0 Å². The molecule has 2 heterocycles. The summed E-state index contributed by atoms with van der Waals surface area (Å²) in [6.45, 7) is 7.73. The molecular weight excluding hydrogens is 300 g/mol. The van der Waals surface area contributed by atoms with E-state index in [1.54, 1.807) is 11.3 Å². The van der Waals surface area contributed by atoms with Crippen molar-refractivity contribution in [2.45, 2.75) is 13.3 Å². The minimum atomic E-state index is -0.409. The molecule has 0 radical (unpaired) electrons. The fourth-order valence-electron chi connectivity index (χ4n) is 2.43. The van der Waals surface area contributed by atoms with Crippen LogP contribution in [0.25, 0.3) is 0 Å². The van der Waals surface area contributed by atoms with Crippen molar-refractivity contribution in [3.63, 3.8) is 0 Å². The molecule has 2 N–H and O–H groups in total. The van der Waals surface area contributed by atoms with Gasteiger partial charge < -0.3 is 10.2 Å². The maximum Gasteiger partial charge on any atom is 0.321 e. The molecule has 3 amide bonds. The summed E-state index contributed by atoms with van der Waals surface area (Å²) in [6, 6.07) is 3.61. The molecule has 7 heteroatoms. The summed E-state index contributed by atoms with van der Waals surface area (Å²) in [5.41, 5.74) is 0. The second kappa shape index (κ2) is 8.87. The number of hydrogen-bond acceptors (Lipinski definition) is 5. The van der Waals surface area contributed by atoms with Crippen LogP contribution >= 0.6 is 11.3 Å². The lowest BCUT2D eigenvalue weighted by Crippen LogP contribution is -2.51. The van der Waals surface area contributed by atoms with Crippen LogP contribution in [0.4, 0.5) is 4.79 Å². The second-order valence-electron chi connectivity index (χ2n) is 5.34. The predicted octanol–water partition coefficient (Wildman–Crippen LogP) is 0.754. The van der Waals surface area contributed by atoms with E-state index in [1.807, 2.05) is 17.5 Å². The number of hydrogen-bond donors (Lipinski definition) is 2. The Morgan fingerprint density at radius 1 is 1.23 bits per heavy atom. The normalized spacial score (nSPS) is 16.4. The summed E-state index contributed by atoms with van der Waals surface area (Å²) < 4.78 is 0. The second-order valence-corrected chi connectivity index (χ2v) is 6.38. The van der Waals surface area contributed by atoms with Crippen LogP contribution in [0.3, 0.4) is 0 Å². The van der Waals surface area contributed by atoms with Gasteiger partial charge in [-0.05, 0) is 24.4 Å². The van der Waals surface area contributed by atoms with Gasteiger partial charge >= 0.3 is 6.03 Å². The number of carbonyl (C=O) groups excluding carboxylic acids is 2. The number of imide groups is 1. The number of rotatable bonds is 6. The summed E-state index contributed by atoms with van der Waals surface area (Å²) in [5.74, 6) is -0.237. The molecule has 1 fully saturated rings. The van der Waals surface area contributed by atoms with E-state index < -0.39 is 6.03 Å². The van der Waals surface area contributed by atoms with Gasteiger partial charge in [0.05, 0.1) is 6.54 Å². The van der Waals surface area contributed by atoms with Gasteiger partial charge in [0.2, 0.25) is 5.91 Å². The van der Waals surface area contributed by atoms with Crippen LogP contribution in [-0.4, -0.2) is 67.6 Å². The highest BCUT2D eigenvalue weighted by Crippen LogP contribution is 2.07. The highest BCUT2D eigenvalue weighted by atomic mass is 32.1. The third kappa shape index (κ3) is 5.75. The Hall–Kier alpha value is -1.44. The molecule has 6 nitrogen and oxygen atoms in total. The van der Waals surface area contributed by atoms with Crippen molar-refractivity contribution in [2.24, 2.45) is 0 Å². The third-order valence-electron chi connectivity index (χ3n) is 3.77. The molecule has 1 aromatic rings. The fourth-order valence-corrected chi connectivity index (χ4v) is 3.14. The van der Waals surface area contributed by atoms with Gasteiger partial charge in [0.1, 0.15) is 0 Å². The lowest BCUT2D eigenvalue weighted by molar-refractivity contribution is -0.121. The molecule has 0 bridgehead atoms. The van der Waals surface area contributed by atoms with Gasteiger partial charge in [-0.2, -0.15) is 0 Å². The zero-order chi connectivity index (χ0) is 15.8. The lowest BCUT2D eigenvalue weighted by Gasteiger charge is -2.33. The van der Waals surface area contributed by atoms with Gasteiger partial charge in [0.15, 0.2) is 0 Å². The van der Waals surface area contributed by atoms with E-state index in [-0.39, 0.29) is 12.5 Å². The van der Waals surface area contributed by atoms with Crippen LogP contribution in [0.5, 0.6) is 0 Å². The Balaban J connectivity index is 1.59. The molecule has 0 spiro atoms. The molecule has 0 atom stereocenters. The molecule has 1 aliphatic heterocycles. The molecule has 22 heavy (non-hydrogen) atoms. The smallest absolute Gasteiger partial charge is 0.321 e. The lowest BCUT2D eigenvalue weighted by atomic mass is 10.3. The zero-order valence-electron chi connectivity index (χ0n) is 13.0. The maximum atomic E-state index is 11.8. The monoisotopic (exact) mass is 324 g/mol.